The first-order valence-corrected chi connectivity index (χ1v) is 13.9. The van der Waals surface area contributed by atoms with Crippen LogP contribution < -0.4 is 14.8 Å². The Hall–Kier alpha value is -4.51. The third-order valence-electron chi connectivity index (χ3n) is 8.07. The van der Waals surface area contributed by atoms with Gasteiger partial charge in [0.05, 0.1) is 5.52 Å². The van der Waals surface area contributed by atoms with Crippen molar-refractivity contribution in [1.29, 1.82) is 0 Å². The molecule has 6 heteroatoms. The first-order valence-electron chi connectivity index (χ1n) is 13.9. The van der Waals surface area contributed by atoms with Gasteiger partial charge in [0.2, 0.25) is 0 Å². The van der Waals surface area contributed by atoms with E-state index in [1.165, 1.54) is 38.7 Å². The minimum atomic E-state index is 0. The van der Waals surface area contributed by atoms with Gasteiger partial charge in [0.15, 0.2) is 0 Å². The van der Waals surface area contributed by atoms with Gasteiger partial charge >= 0.3 is 20.1 Å². The summed E-state index contributed by atoms with van der Waals surface area (Å²) in [5, 5.41) is 6.11. The first-order chi connectivity index (χ1) is 20.3. The molecule has 1 aliphatic heterocycles. The zero-order valence-electron chi connectivity index (χ0n) is 23.0. The molecule has 7 aromatic rings. The molecule has 0 N–H and O–H groups in total. The van der Waals surface area contributed by atoms with Crippen molar-refractivity contribution in [1.82, 2.24) is 15.0 Å². The molecule has 0 atom stereocenters. The third-order valence-corrected chi connectivity index (χ3v) is 8.07. The molecule has 0 unspecified atom stereocenters. The van der Waals surface area contributed by atoms with E-state index in [9.17, 15) is 0 Å². The fourth-order valence-electron chi connectivity index (χ4n) is 6.17. The van der Waals surface area contributed by atoms with E-state index < -0.39 is 0 Å². The first kappa shape index (κ1) is 26.4. The molecule has 0 spiro atoms. The second-order valence-corrected chi connectivity index (χ2v) is 10.5. The van der Waals surface area contributed by atoms with Crippen molar-refractivity contribution in [3.05, 3.63) is 127 Å². The third kappa shape index (κ3) is 4.26. The smallest absolute Gasteiger partial charge is 0.504 e. The molecule has 3 heterocycles. The van der Waals surface area contributed by atoms with Crippen LogP contribution in [0.15, 0.2) is 104 Å². The molecule has 2 aliphatic rings. The van der Waals surface area contributed by atoms with Crippen LogP contribution in [-0.4, -0.2) is 17.0 Å². The molecule has 1 aliphatic carbocycles. The van der Waals surface area contributed by atoms with Crippen LogP contribution in [-0.2, 0) is 26.5 Å². The van der Waals surface area contributed by atoms with Crippen molar-refractivity contribution in [3.63, 3.8) is 0 Å². The minimum absolute atomic E-state index is 0. The van der Waals surface area contributed by atoms with Crippen LogP contribution in [0.25, 0.3) is 49.6 Å². The molecule has 5 nitrogen and oxygen atoms in total. The Labute approximate surface area is 257 Å². The molecule has 9 rings (SSSR count). The Balaban J connectivity index is 0.000000147. The van der Waals surface area contributed by atoms with Gasteiger partial charge in [-0.3, -0.25) is 4.98 Å². The number of benzene rings is 5. The maximum atomic E-state index is 4.61. The number of rotatable bonds is 1. The van der Waals surface area contributed by atoms with E-state index in [1.807, 2.05) is 30.5 Å². The van der Waals surface area contributed by atoms with Crippen LogP contribution in [0, 0.1) is 12.7 Å². The monoisotopic (exact) mass is 721 g/mol. The van der Waals surface area contributed by atoms with Crippen molar-refractivity contribution < 1.29 is 20.1 Å². The number of para-hydroxylation sites is 3. The van der Waals surface area contributed by atoms with E-state index in [0.717, 1.165) is 45.9 Å². The average Bonchev–Trinajstić information content (AvgIpc) is 3.66. The van der Waals surface area contributed by atoms with Gasteiger partial charge in [-0.1, -0.05) is 48.8 Å². The van der Waals surface area contributed by atoms with Crippen LogP contribution in [0.3, 0.4) is 0 Å². The number of allylic oxidation sites excluding steroid dienone is 1. The summed E-state index contributed by atoms with van der Waals surface area (Å²) in [6, 6.07) is 32.8. The van der Waals surface area contributed by atoms with Crippen molar-refractivity contribution in [3.8, 4) is 0 Å². The SMILES string of the molecule is C1=Cc2cc3ccc4c5nc[n-]c5c5ncccc5c4c3cc2CC1.CN1[CH-]N(c2[c-]cccc2)c2ccccc21.[Ir+3]. The van der Waals surface area contributed by atoms with Gasteiger partial charge in [-0.15, -0.1) is 5.69 Å². The Morgan fingerprint density at radius 3 is 2.57 bits per heavy atom. The molecular formula is C36H26IrN5. The zero-order chi connectivity index (χ0) is 27.3. The van der Waals surface area contributed by atoms with Crippen molar-refractivity contribution in [2.75, 3.05) is 16.8 Å². The van der Waals surface area contributed by atoms with Gasteiger partial charge in [0, 0.05) is 23.0 Å². The van der Waals surface area contributed by atoms with Crippen LogP contribution in [0.1, 0.15) is 17.5 Å². The molecule has 5 aromatic carbocycles. The Morgan fingerprint density at radius 1 is 0.857 bits per heavy atom. The molecule has 2 aromatic heterocycles. The summed E-state index contributed by atoms with van der Waals surface area (Å²) in [5.41, 5.74) is 9.03. The molecule has 204 valence electrons. The van der Waals surface area contributed by atoms with Crippen LogP contribution in [0.4, 0.5) is 17.1 Å². The summed E-state index contributed by atoms with van der Waals surface area (Å²) in [6.45, 7) is 2.08. The molecule has 0 saturated carbocycles. The van der Waals surface area contributed by atoms with E-state index in [1.54, 1.807) is 6.33 Å². The number of aryl methyl sites for hydroxylation is 1. The Bertz CT molecular complexity index is 2120. The molecule has 0 amide bonds. The fourth-order valence-corrected chi connectivity index (χ4v) is 6.17. The molecule has 0 fully saturated rings. The normalized spacial score (nSPS) is 13.6. The summed E-state index contributed by atoms with van der Waals surface area (Å²) < 4.78 is 0. The number of pyridine rings is 1. The Kier molecular flexibility index (Phi) is 6.73. The van der Waals surface area contributed by atoms with Gasteiger partial charge in [-0.25, -0.2) is 0 Å². The number of hydrogen-bond donors (Lipinski definition) is 0. The van der Waals surface area contributed by atoms with Gasteiger partial charge in [-0.05, 0) is 93.9 Å². The van der Waals surface area contributed by atoms with E-state index in [-0.39, 0.29) is 20.1 Å². The maximum absolute atomic E-state index is 4.61. The number of aromatic nitrogens is 3. The summed E-state index contributed by atoms with van der Waals surface area (Å²) in [4.78, 5) is 17.9. The number of anilines is 3. The number of hydrogen-bond acceptors (Lipinski definition) is 4. The molecule has 0 saturated heterocycles. The van der Waals surface area contributed by atoms with Crippen molar-refractivity contribution in [2.45, 2.75) is 12.8 Å². The average molecular weight is 721 g/mol. The summed E-state index contributed by atoms with van der Waals surface area (Å²) >= 11 is 0. The topological polar surface area (TPSA) is 46.4 Å². The Morgan fingerprint density at radius 2 is 1.69 bits per heavy atom. The van der Waals surface area contributed by atoms with Crippen LogP contribution >= 0.6 is 0 Å². The largest absolute Gasteiger partial charge is 3.00 e. The van der Waals surface area contributed by atoms with Gasteiger partial charge < -0.3 is 19.8 Å². The molecule has 0 radical (unpaired) electrons. The van der Waals surface area contributed by atoms with Crippen LogP contribution in [0.2, 0.25) is 0 Å². The van der Waals surface area contributed by atoms with Gasteiger partial charge in [-0.2, -0.15) is 37.0 Å². The second kappa shape index (κ2) is 10.7. The molecular weight excluding hydrogens is 695 g/mol. The summed E-state index contributed by atoms with van der Waals surface area (Å²) in [6.07, 6.45) is 10.2. The number of fused-ring (bicyclic) bond motifs is 10. The fraction of sp³-hybridized carbons (Fsp3) is 0.0833. The minimum Gasteiger partial charge on any atom is -0.504 e. The van der Waals surface area contributed by atoms with E-state index >= 15 is 0 Å². The van der Waals surface area contributed by atoms with Gasteiger partial charge in [0.1, 0.15) is 0 Å². The van der Waals surface area contributed by atoms with E-state index in [4.69, 9.17) is 0 Å². The van der Waals surface area contributed by atoms with E-state index in [2.05, 4.69) is 117 Å². The maximum Gasteiger partial charge on any atom is 3.00 e. The van der Waals surface area contributed by atoms with Crippen molar-refractivity contribution in [2.24, 2.45) is 0 Å². The predicted molar refractivity (Wildman–Crippen MR) is 169 cm³/mol. The second-order valence-electron chi connectivity index (χ2n) is 10.5. The predicted octanol–water partition coefficient (Wildman–Crippen LogP) is 8.20. The van der Waals surface area contributed by atoms with Crippen molar-refractivity contribution >= 4 is 66.6 Å². The standard InChI is InChI=1S/C22H14N3.C14H12N2.Ir/c1-2-5-14-11-18-15(10-13(14)4-1)7-8-17-19(18)16-6-3-9-23-20(16)22-21(17)24-12-25-22;1-15-11-16(12-7-3-2-4-8-12)14-10-6-5-9-13(14)15;/h1,3-4,6-12H,2,5H2;2-7,9-11H,1H3;/q-1;-2;+3. The van der Waals surface area contributed by atoms with Crippen LogP contribution in [0.5, 0.6) is 0 Å². The summed E-state index contributed by atoms with van der Waals surface area (Å²) in [7, 11) is 2.06. The number of imidazole rings is 1. The van der Waals surface area contributed by atoms with E-state index in [0.29, 0.717) is 0 Å². The molecule has 0 bridgehead atoms. The molecule has 42 heavy (non-hydrogen) atoms. The summed E-state index contributed by atoms with van der Waals surface area (Å²) in [5.74, 6) is 0. The quantitative estimate of drug-likeness (QED) is 0.127. The van der Waals surface area contributed by atoms with Gasteiger partial charge in [0.25, 0.3) is 0 Å². The number of nitrogens with zero attached hydrogens (tertiary/aromatic N) is 5. The zero-order valence-corrected chi connectivity index (χ0v) is 25.3.